The van der Waals surface area contributed by atoms with Crippen molar-refractivity contribution in [2.75, 3.05) is 25.0 Å². The molecule has 3 N–H and O–H groups in total. The Bertz CT molecular complexity index is 379. The van der Waals surface area contributed by atoms with E-state index in [0.717, 1.165) is 30.8 Å². The van der Waals surface area contributed by atoms with Crippen LogP contribution in [0, 0.1) is 0 Å². The van der Waals surface area contributed by atoms with Gasteiger partial charge in [-0.05, 0) is 31.1 Å². The summed E-state index contributed by atoms with van der Waals surface area (Å²) in [4.78, 5) is 14.1. The van der Waals surface area contributed by atoms with E-state index < -0.39 is 0 Å². The smallest absolute Gasteiger partial charge is 0.238 e. The molecule has 0 radical (unpaired) electrons. The molecule has 1 aromatic rings. The Morgan fingerprint density at radius 1 is 1.33 bits per heavy atom. The molecule has 4 nitrogen and oxygen atoms in total. The number of rotatable bonds is 7. The Kier molecular flexibility index (Phi) is 6.39. The molecule has 18 heavy (non-hydrogen) atoms. The van der Waals surface area contributed by atoms with Crippen LogP contribution in [0.25, 0.3) is 0 Å². The summed E-state index contributed by atoms with van der Waals surface area (Å²) in [5.41, 5.74) is 7.42. The van der Waals surface area contributed by atoms with E-state index in [2.05, 4.69) is 24.1 Å². The van der Waals surface area contributed by atoms with E-state index in [4.69, 9.17) is 5.73 Å². The van der Waals surface area contributed by atoms with Crippen molar-refractivity contribution in [1.82, 2.24) is 4.90 Å². The first-order chi connectivity index (χ1) is 8.71. The van der Waals surface area contributed by atoms with E-state index in [1.165, 1.54) is 0 Å². The zero-order valence-corrected chi connectivity index (χ0v) is 11.3. The molecular weight excluding hydrogens is 226 g/mol. The van der Waals surface area contributed by atoms with Crippen LogP contribution < -0.4 is 11.1 Å². The van der Waals surface area contributed by atoms with Crippen LogP contribution in [0.2, 0.25) is 0 Å². The Morgan fingerprint density at radius 2 is 2.06 bits per heavy atom. The maximum absolute atomic E-state index is 11.9. The number of hydrogen-bond donors (Lipinski definition) is 2. The third kappa shape index (κ3) is 4.47. The molecule has 0 aliphatic carbocycles. The lowest BCUT2D eigenvalue weighted by atomic mass is 10.2. The zero-order chi connectivity index (χ0) is 13.4. The van der Waals surface area contributed by atoms with E-state index in [9.17, 15) is 4.79 Å². The molecule has 1 aromatic carbocycles. The number of nitrogens with two attached hydrogens (primary N) is 1. The van der Waals surface area contributed by atoms with Crippen LogP contribution in [-0.4, -0.2) is 30.4 Å². The van der Waals surface area contributed by atoms with Crippen molar-refractivity contribution in [2.24, 2.45) is 5.73 Å². The highest BCUT2D eigenvalue weighted by molar-refractivity contribution is 5.92. The number of nitrogens with one attached hydrogen (secondary N) is 1. The van der Waals surface area contributed by atoms with Crippen LogP contribution in [0.15, 0.2) is 24.3 Å². The van der Waals surface area contributed by atoms with Gasteiger partial charge in [0.2, 0.25) is 5.91 Å². The number of carbonyl (C=O) groups is 1. The van der Waals surface area contributed by atoms with Crippen molar-refractivity contribution < 1.29 is 4.79 Å². The number of carbonyl (C=O) groups excluding carboxylic acids is 1. The second-order valence-corrected chi connectivity index (χ2v) is 4.28. The summed E-state index contributed by atoms with van der Waals surface area (Å²) in [5, 5.41) is 2.92. The average molecular weight is 249 g/mol. The van der Waals surface area contributed by atoms with Gasteiger partial charge < -0.3 is 11.1 Å². The second kappa shape index (κ2) is 7.84. The van der Waals surface area contributed by atoms with Crippen LogP contribution >= 0.6 is 0 Å². The van der Waals surface area contributed by atoms with E-state index >= 15 is 0 Å². The molecule has 0 atom stereocenters. The number of benzene rings is 1. The lowest BCUT2D eigenvalue weighted by Gasteiger charge is -2.19. The van der Waals surface area contributed by atoms with Crippen molar-refractivity contribution in [3.63, 3.8) is 0 Å². The largest absolute Gasteiger partial charge is 0.326 e. The van der Waals surface area contributed by atoms with E-state index in [-0.39, 0.29) is 5.91 Å². The number of nitrogens with zero attached hydrogens (tertiary/aromatic N) is 1. The Labute approximate surface area is 109 Å². The first kappa shape index (κ1) is 14.7. The molecule has 0 aromatic heterocycles. The molecule has 0 fully saturated rings. The van der Waals surface area contributed by atoms with Crippen LogP contribution in [0.4, 0.5) is 5.69 Å². The van der Waals surface area contributed by atoms with Gasteiger partial charge in [-0.3, -0.25) is 9.69 Å². The average Bonchev–Trinajstić information content (AvgIpc) is 2.38. The lowest BCUT2D eigenvalue weighted by Crippen LogP contribution is -2.33. The predicted octanol–water partition coefficient (Wildman–Crippen LogP) is 1.82. The van der Waals surface area contributed by atoms with Crippen LogP contribution in [0.3, 0.4) is 0 Å². The summed E-state index contributed by atoms with van der Waals surface area (Å²) in [6.07, 6.45) is 1.06. The molecule has 0 aliphatic heterocycles. The summed E-state index contributed by atoms with van der Waals surface area (Å²) in [6.45, 7) is 6.88. The van der Waals surface area contributed by atoms with E-state index in [1.807, 2.05) is 24.3 Å². The number of amides is 1. The van der Waals surface area contributed by atoms with E-state index in [0.29, 0.717) is 13.1 Å². The normalized spacial score (nSPS) is 10.7. The summed E-state index contributed by atoms with van der Waals surface area (Å²) in [7, 11) is 0. The molecule has 100 valence electrons. The van der Waals surface area contributed by atoms with Gasteiger partial charge in [0.25, 0.3) is 0 Å². The Morgan fingerprint density at radius 3 is 2.67 bits per heavy atom. The highest BCUT2D eigenvalue weighted by atomic mass is 16.2. The SMILES string of the molecule is CCCN(CC)CC(=O)Nc1ccccc1CN. The molecule has 0 heterocycles. The third-order valence-electron chi connectivity index (χ3n) is 2.87. The van der Waals surface area contributed by atoms with Gasteiger partial charge in [0, 0.05) is 12.2 Å². The van der Waals surface area contributed by atoms with Crippen LogP contribution in [0.1, 0.15) is 25.8 Å². The molecule has 1 rings (SSSR count). The number of hydrogen-bond acceptors (Lipinski definition) is 3. The summed E-state index contributed by atoms with van der Waals surface area (Å²) < 4.78 is 0. The van der Waals surface area contributed by atoms with Gasteiger partial charge in [0.05, 0.1) is 6.54 Å². The minimum absolute atomic E-state index is 0.0196. The quantitative estimate of drug-likeness (QED) is 0.775. The summed E-state index contributed by atoms with van der Waals surface area (Å²) in [6, 6.07) is 7.64. The highest BCUT2D eigenvalue weighted by Gasteiger charge is 2.09. The lowest BCUT2D eigenvalue weighted by molar-refractivity contribution is -0.117. The second-order valence-electron chi connectivity index (χ2n) is 4.28. The molecule has 0 spiro atoms. The molecule has 0 unspecified atom stereocenters. The standard InChI is InChI=1S/C14H23N3O/c1-3-9-17(4-2)11-14(18)16-13-8-6-5-7-12(13)10-15/h5-8H,3-4,9-11,15H2,1-2H3,(H,16,18). The summed E-state index contributed by atoms with van der Waals surface area (Å²) in [5.74, 6) is 0.0196. The van der Waals surface area contributed by atoms with Crippen LogP contribution in [-0.2, 0) is 11.3 Å². The molecule has 0 saturated carbocycles. The fraction of sp³-hybridized carbons (Fsp3) is 0.500. The molecule has 0 saturated heterocycles. The van der Waals surface area contributed by atoms with Gasteiger partial charge in [-0.1, -0.05) is 32.0 Å². The minimum Gasteiger partial charge on any atom is -0.326 e. The fourth-order valence-electron chi connectivity index (χ4n) is 1.88. The van der Waals surface area contributed by atoms with Gasteiger partial charge in [-0.2, -0.15) is 0 Å². The topological polar surface area (TPSA) is 58.4 Å². The monoisotopic (exact) mass is 249 g/mol. The first-order valence-corrected chi connectivity index (χ1v) is 6.51. The number of likely N-dealkylation sites (N-methyl/N-ethyl adjacent to an activating group) is 1. The Hall–Kier alpha value is -1.39. The van der Waals surface area contributed by atoms with Crippen molar-refractivity contribution in [3.05, 3.63) is 29.8 Å². The van der Waals surface area contributed by atoms with E-state index in [1.54, 1.807) is 0 Å². The number of para-hydroxylation sites is 1. The van der Waals surface area contributed by atoms with Crippen molar-refractivity contribution in [1.29, 1.82) is 0 Å². The Balaban J connectivity index is 2.58. The predicted molar refractivity (Wildman–Crippen MR) is 75.4 cm³/mol. The molecule has 0 bridgehead atoms. The molecular formula is C14H23N3O. The molecule has 1 amide bonds. The zero-order valence-electron chi connectivity index (χ0n) is 11.3. The maximum atomic E-state index is 11.9. The fourth-order valence-corrected chi connectivity index (χ4v) is 1.88. The van der Waals surface area contributed by atoms with Crippen LogP contribution in [0.5, 0.6) is 0 Å². The molecule has 0 aliphatic rings. The molecule has 4 heteroatoms. The van der Waals surface area contributed by atoms with Gasteiger partial charge >= 0.3 is 0 Å². The van der Waals surface area contributed by atoms with Gasteiger partial charge in [0.15, 0.2) is 0 Å². The summed E-state index contributed by atoms with van der Waals surface area (Å²) >= 11 is 0. The van der Waals surface area contributed by atoms with Gasteiger partial charge in [0.1, 0.15) is 0 Å². The van der Waals surface area contributed by atoms with Gasteiger partial charge in [-0.25, -0.2) is 0 Å². The first-order valence-electron chi connectivity index (χ1n) is 6.51. The van der Waals surface area contributed by atoms with Gasteiger partial charge in [-0.15, -0.1) is 0 Å². The highest BCUT2D eigenvalue weighted by Crippen LogP contribution is 2.13. The van der Waals surface area contributed by atoms with Crippen molar-refractivity contribution in [2.45, 2.75) is 26.8 Å². The maximum Gasteiger partial charge on any atom is 0.238 e. The third-order valence-corrected chi connectivity index (χ3v) is 2.87. The van der Waals surface area contributed by atoms with Crippen molar-refractivity contribution in [3.8, 4) is 0 Å². The number of anilines is 1. The minimum atomic E-state index is 0.0196. The van der Waals surface area contributed by atoms with Crippen molar-refractivity contribution >= 4 is 11.6 Å².